The molecule has 0 saturated heterocycles. The van der Waals surface area contributed by atoms with Crippen molar-refractivity contribution in [2.24, 2.45) is 0 Å². The van der Waals surface area contributed by atoms with E-state index < -0.39 is 11.4 Å². The summed E-state index contributed by atoms with van der Waals surface area (Å²) in [6, 6.07) is 9.62. The third kappa shape index (κ3) is 3.06. The zero-order valence-electron chi connectivity index (χ0n) is 14.8. The SMILES string of the molecule is Cc1oc(CN(C)C(=O)C2(C)CCCc3ccccc32)cc1C(=O)O. The van der Waals surface area contributed by atoms with Crippen LogP contribution in [0.25, 0.3) is 0 Å². The molecule has 1 aromatic heterocycles. The van der Waals surface area contributed by atoms with Crippen LogP contribution in [0.15, 0.2) is 34.7 Å². The molecule has 3 rings (SSSR count). The van der Waals surface area contributed by atoms with Crippen LogP contribution in [0.1, 0.15) is 52.8 Å². The monoisotopic (exact) mass is 341 g/mol. The summed E-state index contributed by atoms with van der Waals surface area (Å²) in [5.41, 5.74) is 1.92. The first kappa shape index (κ1) is 17.3. The maximum absolute atomic E-state index is 13.2. The summed E-state index contributed by atoms with van der Waals surface area (Å²) in [6.07, 6.45) is 2.79. The van der Waals surface area contributed by atoms with Gasteiger partial charge in [0.05, 0.1) is 12.0 Å². The van der Waals surface area contributed by atoms with E-state index in [9.17, 15) is 9.59 Å². The zero-order chi connectivity index (χ0) is 18.2. The summed E-state index contributed by atoms with van der Waals surface area (Å²) in [6.45, 7) is 3.87. The van der Waals surface area contributed by atoms with Crippen LogP contribution in [0.3, 0.4) is 0 Å². The molecular weight excluding hydrogens is 318 g/mol. The van der Waals surface area contributed by atoms with Gasteiger partial charge in [0.1, 0.15) is 17.1 Å². The van der Waals surface area contributed by atoms with Crippen LogP contribution in [0.4, 0.5) is 0 Å². The van der Waals surface area contributed by atoms with Crippen molar-refractivity contribution in [3.05, 3.63) is 58.5 Å². The van der Waals surface area contributed by atoms with Gasteiger partial charge in [-0.3, -0.25) is 4.79 Å². The van der Waals surface area contributed by atoms with E-state index in [2.05, 4.69) is 6.07 Å². The average Bonchev–Trinajstić information content (AvgIpc) is 2.95. The quantitative estimate of drug-likeness (QED) is 0.923. The lowest BCUT2D eigenvalue weighted by Crippen LogP contribution is -2.45. The van der Waals surface area contributed by atoms with Crippen molar-refractivity contribution in [2.75, 3.05) is 7.05 Å². The Morgan fingerprint density at radius 3 is 2.72 bits per heavy atom. The van der Waals surface area contributed by atoms with E-state index in [0.29, 0.717) is 11.5 Å². The predicted octanol–water partition coefficient (Wildman–Crippen LogP) is 3.54. The van der Waals surface area contributed by atoms with Crippen molar-refractivity contribution in [1.82, 2.24) is 4.90 Å². The third-order valence-corrected chi connectivity index (χ3v) is 5.15. The first-order chi connectivity index (χ1) is 11.8. The minimum absolute atomic E-state index is 0.0329. The Morgan fingerprint density at radius 1 is 1.32 bits per heavy atom. The zero-order valence-corrected chi connectivity index (χ0v) is 14.8. The van der Waals surface area contributed by atoms with Gasteiger partial charge in [0.15, 0.2) is 0 Å². The molecule has 1 amide bonds. The Balaban J connectivity index is 1.83. The fraction of sp³-hybridized carbons (Fsp3) is 0.400. The fourth-order valence-electron chi connectivity index (χ4n) is 3.83. The molecule has 1 N–H and O–H groups in total. The Kier molecular flexibility index (Phi) is 4.41. The molecular formula is C20H23NO4. The number of hydrogen-bond acceptors (Lipinski definition) is 3. The number of carboxylic acid groups (broad SMARTS) is 1. The number of fused-ring (bicyclic) bond motifs is 1. The molecule has 25 heavy (non-hydrogen) atoms. The second-order valence-electron chi connectivity index (χ2n) is 6.99. The van der Waals surface area contributed by atoms with Crippen LogP contribution in [-0.2, 0) is 23.2 Å². The van der Waals surface area contributed by atoms with Gasteiger partial charge in [0.2, 0.25) is 5.91 Å². The molecule has 5 heteroatoms. The highest BCUT2D eigenvalue weighted by Gasteiger charge is 2.40. The summed E-state index contributed by atoms with van der Waals surface area (Å²) >= 11 is 0. The number of carbonyl (C=O) groups is 2. The summed E-state index contributed by atoms with van der Waals surface area (Å²) in [4.78, 5) is 26.0. The van der Waals surface area contributed by atoms with E-state index in [4.69, 9.17) is 9.52 Å². The number of hydrogen-bond donors (Lipinski definition) is 1. The number of rotatable bonds is 4. The number of nitrogens with zero attached hydrogens (tertiary/aromatic N) is 1. The lowest BCUT2D eigenvalue weighted by Gasteiger charge is -2.37. The van der Waals surface area contributed by atoms with Gasteiger partial charge in [-0.05, 0) is 50.3 Å². The van der Waals surface area contributed by atoms with Crippen molar-refractivity contribution >= 4 is 11.9 Å². The minimum Gasteiger partial charge on any atom is -0.478 e. The lowest BCUT2D eigenvalue weighted by atomic mass is 9.70. The van der Waals surface area contributed by atoms with E-state index in [-0.39, 0.29) is 18.0 Å². The molecule has 5 nitrogen and oxygen atoms in total. The minimum atomic E-state index is -1.02. The lowest BCUT2D eigenvalue weighted by molar-refractivity contribution is -0.136. The van der Waals surface area contributed by atoms with Gasteiger partial charge in [-0.25, -0.2) is 4.79 Å². The van der Waals surface area contributed by atoms with Gasteiger partial charge in [0.25, 0.3) is 0 Å². The summed E-state index contributed by atoms with van der Waals surface area (Å²) in [7, 11) is 1.74. The number of aromatic carboxylic acids is 1. The van der Waals surface area contributed by atoms with Crippen LogP contribution in [-0.4, -0.2) is 28.9 Å². The number of likely N-dealkylation sites (N-methyl/N-ethyl adjacent to an activating group) is 1. The van der Waals surface area contributed by atoms with E-state index in [1.165, 1.54) is 11.6 Å². The van der Waals surface area contributed by atoms with Gasteiger partial charge in [-0.1, -0.05) is 24.3 Å². The van der Waals surface area contributed by atoms with Gasteiger partial charge >= 0.3 is 5.97 Å². The molecule has 1 aromatic carbocycles. The van der Waals surface area contributed by atoms with E-state index in [1.807, 2.05) is 25.1 Å². The molecule has 132 valence electrons. The number of carbonyl (C=O) groups excluding carboxylic acids is 1. The van der Waals surface area contributed by atoms with E-state index >= 15 is 0 Å². The van der Waals surface area contributed by atoms with Crippen LogP contribution in [0.5, 0.6) is 0 Å². The topological polar surface area (TPSA) is 70.8 Å². The van der Waals surface area contributed by atoms with Gasteiger partial charge in [-0.2, -0.15) is 0 Å². The van der Waals surface area contributed by atoms with E-state index in [0.717, 1.165) is 24.8 Å². The molecule has 1 aliphatic carbocycles. The molecule has 0 aliphatic heterocycles. The standard InChI is InChI=1S/C20H23NO4/c1-13-16(18(22)23)11-15(25-13)12-21(3)19(24)20(2)10-6-8-14-7-4-5-9-17(14)20/h4-5,7,9,11H,6,8,10,12H2,1-3H3,(H,22,23). The second kappa shape index (κ2) is 6.39. The third-order valence-electron chi connectivity index (χ3n) is 5.15. The summed E-state index contributed by atoms with van der Waals surface area (Å²) in [5.74, 6) is -0.142. The molecule has 0 bridgehead atoms. The molecule has 2 aromatic rings. The van der Waals surface area contributed by atoms with Gasteiger partial charge in [-0.15, -0.1) is 0 Å². The molecule has 0 saturated carbocycles. The molecule has 1 aliphatic rings. The Morgan fingerprint density at radius 2 is 2.04 bits per heavy atom. The fourth-order valence-corrected chi connectivity index (χ4v) is 3.83. The van der Waals surface area contributed by atoms with Crippen molar-refractivity contribution in [1.29, 1.82) is 0 Å². The molecule has 0 radical (unpaired) electrons. The Hall–Kier alpha value is -2.56. The van der Waals surface area contributed by atoms with Crippen molar-refractivity contribution < 1.29 is 19.1 Å². The maximum atomic E-state index is 13.2. The number of aryl methyl sites for hydroxylation is 2. The Bertz CT molecular complexity index is 823. The van der Waals surface area contributed by atoms with Crippen LogP contribution < -0.4 is 0 Å². The highest BCUT2D eigenvalue weighted by Crippen LogP contribution is 2.38. The van der Waals surface area contributed by atoms with E-state index in [1.54, 1.807) is 18.9 Å². The Labute approximate surface area is 147 Å². The number of benzene rings is 1. The van der Waals surface area contributed by atoms with Crippen molar-refractivity contribution in [3.8, 4) is 0 Å². The van der Waals surface area contributed by atoms with Crippen molar-refractivity contribution in [3.63, 3.8) is 0 Å². The molecule has 0 fully saturated rings. The highest BCUT2D eigenvalue weighted by molar-refractivity contribution is 5.89. The van der Waals surface area contributed by atoms with Gasteiger partial charge < -0.3 is 14.4 Å². The highest BCUT2D eigenvalue weighted by atomic mass is 16.4. The largest absolute Gasteiger partial charge is 0.478 e. The number of furan rings is 1. The van der Waals surface area contributed by atoms with Crippen molar-refractivity contribution in [2.45, 2.75) is 45.1 Å². The van der Waals surface area contributed by atoms with Crippen LogP contribution >= 0.6 is 0 Å². The molecule has 1 unspecified atom stereocenters. The predicted molar refractivity (Wildman–Crippen MR) is 93.6 cm³/mol. The molecule has 1 atom stereocenters. The summed E-state index contributed by atoms with van der Waals surface area (Å²) < 4.78 is 5.51. The maximum Gasteiger partial charge on any atom is 0.339 e. The number of carboxylic acids is 1. The van der Waals surface area contributed by atoms with Gasteiger partial charge in [0, 0.05) is 7.05 Å². The molecule has 0 spiro atoms. The normalized spacial score (nSPS) is 19.3. The average molecular weight is 341 g/mol. The molecule has 1 heterocycles. The first-order valence-corrected chi connectivity index (χ1v) is 8.49. The number of amides is 1. The first-order valence-electron chi connectivity index (χ1n) is 8.49. The second-order valence-corrected chi connectivity index (χ2v) is 6.99. The summed E-state index contributed by atoms with van der Waals surface area (Å²) in [5, 5.41) is 9.14. The van der Waals surface area contributed by atoms with Crippen LogP contribution in [0, 0.1) is 6.92 Å². The van der Waals surface area contributed by atoms with Crippen LogP contribution in [0.2, 0.25) is 0 Å². The smallest absolute Gasteiger partial charge is 0.339 e.